The SMILES string of the molecule is CCNC1COCC1C(=O)N[C@@H](CO)c1ccccc1. The fourth-order valence-electron chi connectivity index (χ4n) is 2.47. The summed E-state index contributed by atoms with van der Waals surface area (Å²) in [5.74, 6) is -0.274. The molecule has 1 aromatic carbocycles. The van der Waals surface area contributed by atoms with Crippen LogP contribution in [0.1, 0.15) is 18.5 Å². The van der Waals surface area contributed by atoms with Crippen LogP contribution in [-0.2, 0) is 9.53 Å². The molecule has 2 unspecified atom stereocenters. The maximum atomic E-state index is 12.3. The van der Waals surface area contributed by atoms with Crippen LogP contribution in [0.15, 0.2) is 30.3 Å². The van der Waals surface area contributed by atoms with Gasteiger partial charge in [-0.1, -0.05) is 37.3 Å². The first-order chi connectivity index (χ1) is 9.76. The Kier molecular flexibility index (Phi) is 5.52. The van der Waals surface area contributed by atoms with E-state index in [2.05, 4.69) is 10.6 Å². The molecule has 1 heterocycles. The van der Waals surface area contributed by atoms with E-state index in [1.54, 1.807) is 0 Å². The number of hydrogen-bond acceptors (Lipinski definition) is 4. The Morgan fingerprint density at radius 3 is 2.80 bits per heavy atom. The molecule has 3 atom stereocenters. The van der Waals surface area contributed by atoms with Gasteiger partial charge in [-0.25, -0.2) is 0 Å². The van der Waals surface area contributed by atoms with Crippen molar-refractivity contribution in [2.75, 3.05) is 26.4 Å². The first-order valence-corrected chi connectivity index (χ1v) is 7.03. The lowest BCUT2D eigenvalue weighted by Crippen LogP contribution is -2.45. The number of hydrogen-bond donors (Lipinski definition) is 3. The number of amides is 1. The van der Waals surface area contributed by atoms with Crippen molar-refractivity contribution in [2.45, 2.75) is 19.0 Å². The summed E-state index contributed by atoms with van der Waals surface area (Å²) in [4.78, 5) is 12.3. The van der Waals surface area contributed by atoms with Crippen molar-refractivity contribution >= 4 is 5.91 Å². The second kappa shape index (κ2) is 7.38. The number of aliphatic hydroxyl groups is 1. The monoisotopic (exact) mass is 278 g/mol. The lowest BCUT2D eigenvalue weighted by molar-refractivity contribution is -0.126. The largest absolute Gasteiger partial charge is 0.394 e. The van der Waals surface area contributed by atoms with E-state index in [1.165, 1.54) is 0 Å². The maximum absolute atomic E-state index is 12.3. The molecule has 0 spiro atoms. The second-order valence-corrected chi connectivity index (χ2v) is 4.96. The van der Waals surface area contributed by atoms with Crippen LogP contribution in [0.4, 0.5) is 0 Å². The van der Waals surface area contributed by atoms with E-state index in [4.69, 9.17) is 4.74 Å². The molecule has 0 bridgehead atoms. The van der Waals surface area contributed by atoms with Gasteiger partial charge in [-0.3, -0.25) is 4.79 Å². The zero-order chi connectivity index (χ0) is 14.4. The number of aliphatic hydroxyl groups excluding tert-OH is 1. The molecule has 1 saturated heterocycles. The lowest BCUT2D eigenvalue weighted by Gasteiger charge is -2.22. The Morgan fingerprint density at radius 1 is 1.40 bits per heavy atom. The highest BCUT2D eigenvalue weighted by atomic mass is 16.5. The van der Waals surface area contributed by atoms with Crippen LogP contribution in [0.25, 0.3) is 0 Å². The van der Waals surface area contributed by atoms with E-state index in [0.29, 0.717) is 13.2 Å². The number of ether oxygens (including phenoxy) is 1. The molecule has 110 valence electrons. The van der Waals surface area contributed by atoms with E-state index in [1.807, 2.05) is 37.3 Å². The minimum Gasteiger partial charge on any atom is -0.394 e. The van der Waals surface area contributed by atoms with Gasteiger partial charge in [0.25, 0.3) is 0 Å². The summed E-state index contributed by atoms with van der Waals surface area (Å²) in [5.41, 5.74) is 0.905. The quantitative estimate of drug-likeness (QED) is 0.707. The van der Waals surface area contributed by atoms with E-state index >= 15 is 0 Å². The molecular formula is C15H22N2O3. The highest BCUT2D eigenvalue weighted by Crippen LogP contribution is 2.17. The summed E-state index contributed by atoms with van der Waals surface area (Å²) in [6.45, 7) is 3.68. The molecule has 1 aliphatic rings. The van der Waals surface area contributed by atoms with Gasteiger partial charge in [0.1, 0.15) is 0 Å². The van der Waals surface area contributed by atoms with Gasteiger partial charge in [0.15, 0.2) is 0 Å². The predicted octanol–water partition coefficient (Wildman–Crippen LogP) is 0.461. The Hall–Kier alpha value is -1.43. The average Bonchev–Trinajstić information content (AvgIpc) is 2.94. The van der Waals surface area contributed by atoms with Gasteiger partial charge in [-0.05, 0) is 12.1 Å². The summed E-state index contributed by atoms with van der Waals surface area (Å²) in [6.07, 6.45) is 0. The molecule has 1 aromatic rings. The van der Waals surface area contributed by atoms with Gasteiger partial charge in [0, 0.05) is 6.04 Å². The van der Waals surface area contributed by atoms with Crippen LogP contribution in [0.2, 0.25) is 0 Å². The highest BCUT2D eigenvalue weighted by Gasteiger charge is 2.34. The van der Waals surface area contributed by atoms with Crippen LogP contribution >= 0.6 is 0 Å². The second-order valence-electron chi connectivity index (χ2n) is 4.96. The highest BCUT2D eigenvalue weighted by molar-refractivity contribution is 5.80. The van der Waals surface area contributed by atoms with Crippen LogP contribution in [0.5, 0.6) is 0 Å². The third-order valence-electron chi connectivity index (χ3n) is 3.58. The number of nitrogens with one attached hydrogen (secondary N) is 2. The normalized spacial score (nSPS) is 23.5. The predicted molar refractivity (Wildman–Crippen MR) is 76.2 cm³/mol. The molecule has 3 N–H and O–H groups in total. The molecule has 5 nitrogen and oxygen atoms in total. The lowest BCUT2D eigenvalue weighted by atomic mass is 10.0. The van der Waals surface area contributed by atoms with Crippen molar-refractivity contribution in [3.8, 4) is 0 Å². The van der Waals surface area contributed by atoms with Crippen LogP contribution < -0.4 is 10.6 Å². The molecule has 0 aromatic heterocycles. The number of benzene rings is 1. The molecule has 0 radical (unpaired) electrons. The van der Waals surface area contributed by atoms with Crippen molar-refractivity contribution in [1.82, 2.24) is 10.6 Å². The van der Waals surface area contributed by atoms with Gasteiger partial charge in [-0.15, -0.1) is 0 Å². The molecular weight excluding hydrogens is 256 g/mol. The smallest absolute Gasteiger partial charge is 0.227 e. The summed E-state index contributed by atoms with van der Waals surface area (Å²) < 4.78 is 5.38. The van der Waals surface area contributed by atoms with Crippen molar-refractivity contribution in [3.05, 3.63) is 35.9 Å². The van der Waals surface area contributed by atoms with Crippen molar-refractivity contribution < 1.29 is 14.6 Å². The molecule has 20 heavy (non-hydrogen) atoms. The zero-order valence-electron chi connectivity index (χ0n) is 11.7. The van der Waals surface area contributed by atoms with E-state index in [0.717, 1.165) is 12.1 Å². The summed E-state index contributed by atoms with van der Waals surface area (Å²) in [6, 6.07) is 9.17. The van der Waals surface area contributed by atoms with Crippen molar-refractivity contribution in [2.24, 2.45) is 5.92 Å². The van der Waals surface area contributed by atoms with Gasteiger partial charge in [0.2, 0.25) is 5.91 Å². The number of likely N-dealkylation sites (N-methyl/N-ethyl adjacent to an activating group) is 1. The fourth-order valence-corrected chi connectivity index (χ4v) is 2.47. The Balaban J connectivity index is 1.99. The number of carbonyl (C=O) groups is 1. The fraction of sp³-hybridized carbons (Fsp3) is 0.533. The standard InChI is InChI=1S/C15H22N2O3/c1-2-16-14-10-20-9-12(14)15(19)17-13(8-18)11-6-4-3-5-7-11/h3-7,12-14,16,18H,2,8-10H2,1H3,(H,17,19)/t12?,13-,14?/m0/s1. The zero-order valence-corrected chi connectivity index (χ0v) is 11.7. The molecule has 0 saturated carbocycles. The molecule has 5 heteroatoms. The van der Waals surface area contributed by atoms with Crippen LogP contribution in [0, 0.1) is 5.92 Å². The molecule has 2 rings (SSSR count). The molecule has 1 aliphatic heterocycles. The van der Waals surface area contributed by atoms with E-state index in [-0.39, 0.29) is 30.5 Å². The van der Waals surface area contributed by atoms with Gasteiger partial charge < -0.3 is 20.5 Å². The number of carbonyl (C=O) groups excluding carboxylic acids is 1. The summed E-state index contributed by atoms with van der Waals surface area (Å²) in [5, 5.41) is 15.6. The van der Waals surface area contributed by atoms with E-state index < -0.39 is 0 Å². The minimum absolute atomic E-state index is 0.0510. The van der Waals surface area contributed by atoms with Crippen LogP contribution in [-0.4, -0.2) is 43.4 Å². The van der Waals surface area contributed by atoms with Crippen LogP contribution in [0.3, 0.4) is 0 Å². The first kappa shape index (κ1) is 15.0. The third kappa shape index (κ3) is 3.56. The third-order valence-corrected chi connectivity index (χ3v) is 3.58. The minimum atomic E-state index is -0.369. The first-order valence-electron chi connectivity index (χ1n) is 7.03. The molecule has 1 amide bonds. The van der Waals surface area contributed by atoms with Gasteiger partial charge in [0.05, 0.1) is 31.8 Å². The van der Waals surface area contributed by atoms with Gasteiger partial charge >= 0.3 is 0 Å². The average molecular weight is 278 g/mol. The molecule has 0 aliphatic carbocycles. The van der Waals surface area contributed by atoms with Crippen molar-refractivity contribution in [1.29, 1.82) is 0 Å². The Labute approximate surface area is 119 Å². The summed E-state index contributed by atoms with van der Waals surface area (Å²) in [7, 11) is 0. The van der Waals surface area contributed by atoms with Gasteiger partial charge in [-0.2, -0.15) is 0 Å². The number of rotatable bonds is 6. The molecule has 1 fully saturated rings. The topological polar surface area (TPSA) is 70.6 Å². The summed E-state index contributed by atoms with van der Waals surface area (Å²) >= 11 is 0. The Bertz CT molecular complexity index is 424. The van der Waals surface area contributed by atoms with E-state index in [9.17, 15) is 9.90 Å². The Morgan fingerprint density at radius 2 is 2.15 bits per heavy atom. The van der Waals surface area contributed by atoms with Crippen molar-refractivity contribution in [3.63, 3.8) is 0 Å². The maximum Gasteiger partial charge on any atom is 0.227 e.